The first-order valence-corrected chi connectivity index (χ1v) is 4.69. The molecule has 0 radical (unpaired) electrons. The molecule has 0 bridgehead atoms. The number of fused-ring (bicyclic) bond motifs is 1. The van der Waals surface area contributed by atoms with Gasteiger partial charge in [0.2, 0.25) is 5.78 Å². The molecule has 1 aromatic rings. The van der Waals surface area contributed by atoms with Gasteiger partial charge in [0.05, 0.1) is 7.11 Å². The highest BCUT2D eigenvalue weighted by Gasteiger charge is 2.23. The minimum Gasteiger partial charge on any atom is -0.497 e. The maximum absolute atomic E-state index is 11.7. The average molecular weight is 205 g/mol. The smallest absolute Gasteiger partial charge is 0.210 e. The van der Waals surface area contributed by atoms with Gasteiger partial charge in [0.25, 0.3) is 0 Å². The van der Waals surface area contributed by atoms with E-state index >= 15 is 0 Å². The Bertz CT molecular complexity index is 437. The van der Waals surface area contributed by atoms with E-state index in [0.29, 0.717) is 18.4 Å². The molecule has 0 saturated carbocycles. The van der Waals surface area contributed by atoms with Crippen molar-refractivity contribution in [1.82, 2.24) is 0 Å². The summed E-state index contributed by atoms with van der Waals surface area (Å²) in [7, 11) is 1.59. The third kappa shape index (κ3) is 1.58. The fourth-order valence-electron chi connectivity index (χ4n) is 1.74. The highest BCUT2D eigenvalue weighted by Crippen LogP contribution is 2.24. The molecule has 1 N–H and O–H groups in total. The highest BCUT2D eigenvalue weighted by atomic mass is 16.5. The van der Waals surface area contributed by atoms with E-state index in [0.717, 1.165) is 11.3 Å². The number of aryl methyl sites for hydroxylation is 1. The van der Waals surface area contributed by atoms with Gasteiger partial charge in [-0.25, -0.2) is 0 Å². The van der Waals surface area contributed by atoms with E-state index in [9.17, 15) is 4.79 Å². The number of rotatable bonds is 1. The van der Waals surface area contributed by atoms with Crippen molar-refractivity contribution in [3.63, 3.8) is 0 Å². The van der Waals surface area contributed by atoms with Crippen LogP contribution < -0.4 is 4.74 Å². The molecule has 1 aliphatic rings. The van der Waals surface area contributed by atoms with Crippen LogP contribution in [0.3, 0.4) is 0 Å². The summed E-state index contributed by atoms with van der Waals surface area (Å²) in [5, 5.41) is 11.6. The molecule has 4 nitrogen and oxygen atoms in total. The van der Waals surface area contributed by atoms with E-state index < -0.39 is 0 Å². The van der Waals surface area contributed by atoms with Crippen molar-refractivity contribution in [2.45, 2.75) is 12.8 Å². The predicted octanol–water partition coefficient (Wildman–Crippen LogP) is 1.65. The number of Topliss-reactive ketones (excluding diaryl/α,β-unsaturated/α-hetero) is 1. The second kappa shape index (κ2) is 3.73. The quantitative estimate of drug-likeness (QED) is 0.560. The number of ether oxygens (including phenoxy) is 1. The zero-order valence-electron chi connectivity index (χ0n) is 8.36. The second-order valence-electron chi connectivity index (χ2n) is 3.40. The molecule has 0 aromatic heterocycles. The molecule has 78 valence electrons. The molecule has 15 heavy (non-hydrogen) atoms. The number of carbonyl (C=O) groups excluding carboxylic acids is 1. The predicted molar refractivity (Wildman–Crippen MR) is 54.9 cm³/mol. The topological polar surface area (TPSA) is 58.9 Å². The molecule has 1 aliphatic carbocycles. The van der Waals surface area contributed by atoms with Gasteiger partial charge in [-0.2, -0.15) is 0 Å². The number of ketones is 1. The number of methoxy groups -OCH3 is 1. The normalized spacial score (nSPS) is 17.7. The molecule has 0 saturated heterocycles. The summed E-state index contributed by atoms with van der Waals surface area (Å²) in [4.78, 5) is 11.7. The third-order valence-electron chi connectivity index (χ3n) is 2.57. The van der Waals surface area contributed by atoms with Crippen molar-refractivity contribution in [3.05, 3.63) is 29.3 Å². The van der Waals surface area contributed by atoms with Crippen LogP contribution >= 0.6 is 0 Å². The second-order valence-corrected chi connectivity index (χ2v) is 3.40. The Balaban J connectivity index is 2.46. The van der Waals surface area contributed by atoms with Gasteiger partial charge in [-0.05, 0) is 30.2 Å². The van der Waals surface area contributed by atoms with Crippen molar-refractivity contribution in [2.75, 3.05) is 7.11 Å². The van der Waals surface area contributed by atoms with Gasteiger partial charge >= 0.3 is 0 Å². The fraction of sp³-hybridized carbons (Fsp3) is 0.273. The van der Waals surface area contributed by atoms with E-state index in [1.54, 1.807) is 19.2 Å². The first kappa shape index (κ1) is 9.71. The Labute approximate surface area is 87.2 Å². The summed E-state index contributed by atoms with van der Waals surface area (Å²) in [6.45, 7) is 0. The zero-order chi connectivity index (χ0) is 10.8. The van der Waals surface area contributed by atoms with Gasteiger partial charge < -0.3 is 9.94 Å². The number of carbonyl (C=O) groups is 1. The van der Waals surface area contributed by atoms with Crippen LogP contribution in [0.25, 0.3) is 0 Å². The maximum Gasteiger partial charge on any atom is 0.210 e. The van der Waals surface area contributed by atoms with Crippen LogP contribution in [0.2, 0.25) is 0 Å². The fourth-order valence-corrected chi connectivity index (χ4v) is 1.74. The Morgan fingerprint density at radius 2 is 2.20 bits per heavy atom. The molecule has 0 fully saturated rings. The van der Waals surface area contributed by atoms with Gasteiger partial charge in [-0.3, -0.25) is 4.79 Å². The molecular formula is C11H11NO3. The Hall–Kier alpha value is -1.84. The summed E-state index contributed by atoms with van der Waals surface area (Å²) in [6, 6.07) is 5.29. The summed E-state index contributed by atoms with van der Waals surface area (Å²) < 4.78 is 5.08. The third-order valence-corrected chi connectivity index (χ3v) is 2.57. The number of hydrogen-bond donors (Lipinski definition) is 1. The minimum absolute atomic E-state index is 0.193. The van der Waals surface area contributed by atoms with Crippen LogP contribution in [-0.4, -0.2) is 23.8 Å². The highest BCUT2D eigenvalue weighted by molar-refractivity contribution is 6.47. The largest absolute Gasteiger partial charge is 0.497 e. The van der Waals surface area contributed by atoms with Crippen LogP contribution in [0, 0.1) is 0 Å². The SMILES string of the molecule is COc1ccc2c(c1)CC/C(=N\O)C2=O. The van der Waals surface area contributed by atoms with Crippen LogP contribution in [0.5, 0.6) is 5.75 Å². The van der Waals surface area contributed by atoms with Crippen LogP contribution in [-0.2, 0) is 6.42 Å². The summed E-state index contributed by atoms with van der Waals surface area (Å²) in [5.74, 6) is 0.548. The molecule has 4 heteroatoms. The first-order chi connectivity index (χ1) is 7.26. The molecular weight excluding hydrogens is 194 g/mol. The van der Waals surface area contributed by atoms with Gasteiger partial charge in [-0.1, -0.05) is 5.16 Å². The van der Waals surface area contributed by atoms with Crippen LogP contribution in [0.4, 0.5) is 0 Å². The number of hydrogen-bond acceptors (Lipinski definition) is 4. The molecule has 1 aromatic carbocycles. The van der Waals surface area contributed by atoms with E-state index in [4.69, 9.17) is 9.94 Å². The van der Waals surface area contributed by atoms with E-state index in [1.165, 1.54) is 0 Å². The first-order valence-electron chi connectivity index (χ1n) is 4.69. The summed E-state index contributed by atoms with van der Waals surface area (Å²) in [6.07, 6.45) is 1.19. The molecule has 0 heterocycles. The van der Waals surface area contributed by atoms with Crippen molar-refractivity contribution in [1.29, 1.82) is 0 Å². The number of benzene rings is 1. The van der Waals surface area contributed by atoms with E-state index in [1.807, 2.05) is 6.07 Å². The van der Waals surface area contributed by atoms with Gasteiger partial charge in [0, 0.05) is 12.0 Å². The molecule has 0 spiro atoms. The molecule has 2 rings (SSSR count). The van der Waals surface area contributed by atoms with Crippen molar-refractivity contribution in [3.8, 4) is 5.75 Å². The van der Waals surface area contributed by atoms with Gasteiger partial charge in [-0.15, -0.1) is 0 Å². The molecule has 0 amide bonds. The standard InChI is InChI=1S/C11H11NO3/c1-15-8-3-4-9-7(6-8)2-5-10(12-14)11(9)13/h3-4,6,14H,2,5H2,1H3/b12-10+. The monoisotopic (exact) mass is 205 g/mol. The summed E-state index contributed by atoms with van der Waals surface area (Å²) in [5.41, 5.74) is 1.79. The van der Waals surface area contributed by atoms with Crippen molar-refractivity contribution in [2.24, 2.45) is 5.16 Å². The lowest BCUT2D eigenvalue weighted by molar-refractivity contribution is 0.105. The van der Waals surface area contributed by atoms with Crippen molar-refractivity contribution < 1.29 is 14.7 Å². The van der Waals surface area contributed by atoms with Gasteiger partial charge in [0.1, 0.15) is 11.5 Å². The lowest BCUT2D eigenvalue weighted by Gasteiger charge is -2.15. The lowest BCUT2D eigenvalue weighted by atomic mass is 9.89. The average Bonchev–Trinajstić information content (AvgIpc) is 2.29. The lowest BCUT2D eigenvalue weighted by Crippen LogP contribution is -2.22. The van der Waals surface area contributed by atoms with Crippen LogP contribution in [0.1, 0.15) is 22.3 Å². The Kier molecular flexibility index (Phi) is 2.41. The molecule has 0 unspecified atom stereocenters. The minimum atomic E-state index is -0.193. The molecule has 0 aliphatic heterocycles. The number of nitrogens with zero attached hydrogens (tertiary/aromatic N) is 1. The maximum atomic E-state index is 11.7. The zero-order valence-corrected chi connectivity index (χ0v) is 8.36. The summed E-state index contributed by atoms with van der Waals surface area (Å²) >= 11 is 0. The Morgan fingerprint density at radius 1 is 1.40 bits per heavy atom. The van der Waals surface area contributed by atoms with E-state index in [-0.39, 0.29) is 11.5 Å². The van der Waals surface area contributed by atoms with E-state index in [2.05, 4.69) is 5.16 Å². The Morgan fingerprint density at radius 3 is 2.87 bits per heavy atom. The van der Waals surface area contributed by atoms with Gasteiger partial charge in [0.15, 0.2) is 0 Å². The number of oxime groups is 1. The molecule has 0 atom stereocenters. The van der Waals surface area contributed by atoms with Crippen LogP contribution in [0.15, 0.2) is 23.4 Å². The van der Waals surface area contributed by atoms with Crippen molar-refractivity contribution >= 4 is 11.5 Å².